The highest BCUT2D eigenvalue weighted by atomic mass is 16.5. The normalized spacial score (nSPS) is 23.1. The van der Waals surface area contributed by atoms with Crippen molar-refractivity contribution in [1.29, 1.82) is 0 Å². The van der Waals surface area contributed by atoms with E-state index in [2.05, 4.69) is 68.1 Å². The molecule has 2 aromatic carbocycles. The Hall–Kier alpha value is -2.00. The zero-order valence-corrected chi connectivity index (χ0v) is 21.0. The standard InChI is InChI=1S/C30H43NO2/c1-4-7-23-9-13-28(14-10-23)33-29-15-12-26-20-24(8-11-27(26)21-29)22-31-18-16-25(17-19-31)30(5-2)32-6-3/h5,8,11-12,15,20-21,23,25,28H,4,6-7,9-10,13-14,16-19,22H2,1-3H3/b30-5-. The van der Waals surface area contributed by atoms with Crippen molar-refractivity contribution < 1.29 is 9.47 Å². The van der Waals surface area contributed by atoms with E-state index in [1.54, 1.807) is 0 Å². The summed E-state index contributed by atoms with van der Waals surface area (Å²) in [6.45, 7) is 10.5. The molecule has 1 heterocycles. The van der Waals surface area contributed by atoms with Crippen molar-refractivity contribution >= 4 is 10.8 Å². The number of allylic oxidation sites excluding steroid dienone is 2. The lowest BCUT2D eigenvalue weighted by Gasteiger charge is -2.33. The molecule has 2 fully saturated rings. The van der Waals surface area contributed by atoms with Gasteiger partial charge in [0.1, 0.15) is 5.75 Å². The third-order valence-electron chi connectivity index (χ3n) is 7.66. The van der Waals surface area contributed by atoms with E-state index in [0.29, 0.717) is 12.0 Å². The maximum absolute atomic E-state index is 6.37. The number of nitrogens with zero attached hydrogens (tertiary/aromatic N) is 1. The summed E-state index contributed by atoms with van der Waals surface area (Å²) in [6, 6.07) is 13.6. The van der Waals surface area contributed by atoms with Gasteiger partial charge in [-0.05, 0) is 112 Å². The molecule has 2 aliphatic rings. The molecule has 2 aromatic rings. The number of benzene rings is 2. The van der Waals surface area contributed by atoms with Crippen LogP contribution >= 0.6 is 0 Å². The van der Waals surface area contributed by atoms with Gasteiger partial charge < -0.3 is 9.47 Å². The fourth-order valence-electron chi connectivity index (χ4n) is 5.82. The number of ether oxygens (including phenoxy) is 2. The zero-order chi connectivity index (χ0) is 23.0. The molecule has 0 atom stereocenters. The van der Waals surface area contributed by atoms with E-state index in [4.69, 9.17) is 9.47 Å². The molecule has 0 N–H and O–H groups in total. The molecule has 4 rings (SSSR count). The number of rotatable bonds is 9. The quantitative estimate of drug-likeness (QED) is 0.366. The summed E-state index contributed by atoms with van der Waals surface area (Å²) in [7, 11) is 0. The molecule has 3 nitrogen and oxygen atoms in total. The maximum Gasteiger partial charge on any atom is 0.120 e. The molecular weight excluding hydrogens is 406 g/mol. The van der Waals surface area contributed by atoms with E-state index in [0.717, 1.165) is 37.9 Å². The Morgan fingerprint density at radius 2 is 1.67 bits per heavy atom. The summed E-state index contributed by atoms with van der Waals surface area (Å²) >= 11 is 0. The molecule has 0 radical (unpaired) electrons. The van der Waals surface area contributed by atoms with Gasteiger partial charge in [0.2, 0.25) is 0 Å². The molecular formula is C30H43NO2. The number of piperidine rings is 1. The summed E-state index contributed by atoms with van der Waals surface area (Å²) in [4.78, 5) is 2.59. The molecule has 0 unspecified atom stereocenters. The lowest BCUT2D eigenvalue weighted by molar-refractivity contribution is 0.128. The van der Waals surface area contributed by atoms with Gasteiger partial charge in [0.15, 0.2) is 0 Å². The van der Waals surface area contributed by atoms with E-state index < -0.39 is 0 Å². The van der Waals surface area contributed by atoms with E-state index in [-0.39, 0.29) is 0 Å². The monoisotopic (exact) mass is 449 g/mol. The maximum atomic E-state index is 6.37. The number of hydrogen-bond donors (Lipinski definition) is 0. The van der Waals surface area contributed by atoms with Gasteiger partial charge in [-0.1, -0.05) is 38.0 Å². The average molecular weight is 450 g/mol. The predicted molar refractivity (Wildman–Crippen MR) is 139 cm³/mol. The Morgan fingerprint density at radius 1 is 0.939 bits per heavy atom. The van der Waals surface area contributed by atoms with Crippen LogP contribution in [0.2, 0.25) is 0 Å². The first-order chi connectivity index (χ1) is 16.2. The smallest absolute Gasteiger partial charge is 0.120 e. The molecule has 0 bridgehead atoms. The highest BCUT2D eigenvalue weighted by Crippen LogP contribution is 2.32. The minimum Gasteiger partial charge on any atom is -0.498 e. The zero-order valence-electron chi connectivity index (χ0n) is 21.0. The van der Waals surface area contributed by atoms with Crippen molar-refractivity contribution in [3.8, 4) is 5.75 Å². The molecule has 0 amide bonds. The molecule has 180 valence electrons. The SMILES string of the molecule is C/C=C(\OCC)C1CCN(Cc2ccc3cc(OC4CCC(CCC)CC4)ccc3c2)CC1. The van der Waals surface area contributed by atoms with Crippen molar-refractivity contribution in [2.75, 3.05) is 19.7 Å². The molecule has 1 saturated carbocycles. The van der Waals surface area contributed by atoms with Crippen LogP contribution in [0.25, 0.3) is 10.8 Å². The predicted octanol–water partition coefficient (Wildman–Crippen LogP) is 7.73. The summed E-state index contributed by atoms with van der Waals surface area (Å²) < 4.78 is 12.2. The van der Waals surface area contributed by atoms with E-state index in [1.165, 1.54) is 73.5 Å². The van der Waals surface area contributed by atoms with Crippen molar-refractivity contribution in [1.82, 2.24) is 4.90 Å². The van der Waals surface area contributed by atoms with Crippen molar-refractivity contribution in [3.63, 3.8) is 0 Å². The highest BCUT2D eigenvalue weighted by molar-refractivity contribution is 5.84. The fraction of sp³-hybridized carbons (Fsp3) is 0.600. The van der Waals surface area contributed by atoms with E-state index in [1.807, 2.05) is 0 Å². The second kappa shape index (κ2) is 11.9. The first kappa shape index (κ1) is 24.1. The molecule has 1 saturated heterocycles. The van der Waals surface area contributed by atoms with Crippen LogP contribution in [0.5, 0.6) is 5.75 Å². The molecule has 3 heteroatoms. The second-order valence-electron chi connectivity index (χ2n) is 10.1. The topological polar surface area (TPSA) is 21.7 Å². The van der Waals surface area contributed by atoms with Crippen LogP contribution in [0.1, 0.15) is 77.7 Å². The van der Waals surface area contributed by atoms with Crippen LogP contribution in [-0.4, -0.2) is 30.7 Å². The van der Waals surface area contributed by atoms with Gasteiger partial charge in [-0.25, -0.2) is 0 Å². The van der Waals surface area contributed by atoms with Crippen LogP contribution in [-0.2, 0) is 11.3 Å². The molecule has 0 spiro atoms. The number of hydrogen-bond acceptors (Lipinski definition) is 3. The summed E-state index contributed by atoms with van der Waals surface area (Å²) in [5.74, 6) is 3.73. The lowest BCUT2D eigenvalue weighted by Crippen LogP contribution is -2.34. The summed E-state index contributed by atoms with van der Waals surface area (Å²) in [6.07, 6.45) is 12.7. The van der Waals surface area contributed by atoms with Crippen LogP contribution in [0.3, 0.4) is 0 Å². The number of likely N-dealkylation sites (tertiary alicyclic amines) is 1. The van der Waals surface area contributed by atoms with Gasteiger partial charge >= 0.3 is 0 Å². The molecule has 1 aliphatic heterocycles. The van der Waals surface area contributed by atoms with Gasteiger partial charge in [0.25, 0.3) is 0 Å². The minimum atomic E-state index is 0.392. The third kappa shape index (κ3) is 6.53. The lowest BCUT2D eigenvalue weighted by atomic mass is 9.85. The second-order valence-corrected chi connectivity index (χ2v) is 10.1. The van der Waals surface area contributed by atoms with Gasteiger partial charge in [-0.3, -0.25) is 4.90 Å². The summed E-state index contributed by atoms with van der Waals surface area (Å²) in [5.41, 5.74) is 1.40. The van der Waals surface area contributed by atoms with Crippen molar-refractivity contribution in [3.05, 3.63) is 53.8 Å². The van der Waals surface area contributed by atoms with Gasteiger partial charge in [0.05, 0.1) is 18.5 Å². The molecule has 1 aliphatic carbocycles. The van der Waals surface area contributed by atoms with Crippen LogP contribution in [0.4, 0.5) is 0 Å². The minimum absolute atomic E-state index is 0.392. The van der Waals surface area contributed by atoms with Gasteiger partial charge in [-0.15, -0.1) is 0 Å². The Balaban J connectivity index is 1.30. The Labute approximate surface area is 201 Å². The summed E-state index contributed by atoms with van der Waals surface area (Å²) in [5, 5.41) is 2.60. The van der Waals surface area contributed by atoms with E-state index >= 15 is 0 Å². The van der Waals surface area contributed by atoms with Crippen LogP contribution < -0.4 is 4.74 Å². The van der Waals surface area contributed by atoms with Crippen LogP contribution in [0, 0.1) is 11.8 Å². The van der Waals surface area contributed by atoms with Gasteiger partial charge in [-0.2, -0.15) is 0 Å². The molecule has 33 heavy (non-hydrogen) atoms. The Kier molecular flexibility index (Phi) is 8.72. The van der Waals surface area contributed by atoms with Gasteiger partial charge in [0, 0.05) is 12.5 Å². The first-order valence-corrected chi connectivity index (χ1v) is 13.4. The van der Waals surface area contributed by atoms with Crippen molar-refractivity contribution in [2.45, 2.75) is 84.8 Å². The Morgan fingerprint density at radius 3 is 2.36 bits per heavy atom. The van der Waals surface area contributed by atoms with Crippen LogP contribution in [0.15, 0.2) is 48.2 Å². The van der Waals surface area contributed by atoms with Crippen molar-refractivity contribution in [2.24, 2.45) is 11.8 Å². The van der Waals surface area contributed by atoms with E-state index in [9.17, 15) is 0 Å². The highest BCUT2D eigenvalue weighted by Gasteiger charge is 2.23. The largest absolute Gasteiger partial charge is 0.498 e. The Bertz CT molecular complexity index is 905. The average Bonchev–Trinajstić information content (AvgIpc) is 2.84. The third-order valence-corrected chi connectivity index (χ3v) is 7.66. The fourth-order valence-corrected chi connectivity index (χ4v) is 5.82. The molecule has 0 aromatic heterocycles. The first-order valence-electron chi connectivity index (χ1n) is 13.4. The number of fused-ring (bicyclic) bond motifs is 1.